The number of carbonyl (C=O) groups is 1. The first-order chi connectivity index (χ1) is 15.5. The second-order valence-electron chi connectivity index (χ2n) is 7.95. The molecule has 0 bridgehead atoms. The van der Waals surface area contributed by atoms with Crippen molar-refractivity contribution < 1.29 is 19.6 Å². The molecule has 8 heteroatoms. The van der Waals surface area contributed by atoms with Crippen molar-refractivity contribution in [2.75, 3.05) is 12.0 Å². The topological polar surface area (TPSA) is 96.2 Å². The SMILES string of the molecule is COc1cc(C2N(c3ccc([N+](=O)[O-])cc3)C(=O)[C@@H]3Cc4ccccc4CN23)ccc1O. The summed E-state index contributed by atoms with van der Waals surface area (Å²) in [5.41, 5.74) is 3.64. The van der Waals surface area contributed by atoms with E-state index in [1.807, 2.05) is 18.2 Å². The lowest BCUT2D eigenvalue weighted by Gasteiger charge is -2.35. The van der Waals surface area contributed by atoms with Crippen molar-refractivity contribution in [2.24, 2.45) is 0 Å². The van der Waals surface area contributed by atoms with Crippen LogP contribution in [0.25, 0.3) is 0 Å². The molecule has 1 N–H and O–H groups in total. The molecule has 2 atom stereocenters. The maximum atomic E-state index is 13.6. The highest BCUT2D eigenvalue weighted by molar-refractivity contribution is 6.00. The molecule has 0 radical (unpaired) electrons. The third-order valence-corrected chi connectivity index (χ3v) is 6.21. The number of methoxy groups -OCH3 is 1. The van der Waals surface area contributed by atoms with Gasteiger partial charge < -0.3 is 9.84 Å². The van der Waals surface area contributed by atoms with Crippen LogP contribution in [0.2, 0.25) is 0 Å². The van der Waals surface area contributed by atoms with Gasteiger partial charge in [0.1, 0.15) is 6.17 Å². The van der Waals surface area contributed by atoms with Crippen molar-refractivity contribution in [3.8, 4) is 11.5 Å². The van der Waals surface area contributed by atoms with Gasteiger partial charge >= 0.3 is 0 Å². The monoisotopic (exact) mass is 431 g/mol. The number of ether oxygens (including phenoxy) is 1. The molecule has 2 aliphatic heterocycles. The Balaban J connectivity index is 1.63. The van der Waals surface area contributed by atoms with Crippen LogP contribution >= 0.6 is 0 Å². The average molecular weight is 431 g/mol. The van der Waals surface area contributed by atoms with Crippen molar-refractivity contribution in [1.29, 1.82) is 0 Å². The van der Waals surface area contributed by atoms with Gasteiger partial charge in [-0.2, -0.15) is 0 Å². The summed E-state index contributed by atoms with van der Waals surface area (Å²) < 4.78 is 5.30. The van der Waals surface area contributed by atoms with E-state index in [2.05, 4.69) is 11.0 Å². The normalized spacial score (nSPS) is 20.0. The zero-order valence-electron chi connectivity index (χ0n) is 17.3. The number of anilines is 1. The summed E-state index contributed by atoms with van der Waals surface area (Å²) in [6, 6.07) is 18.8. The first kappa shape index (κ1) is 20.0. The molecule has 0 saturated carbocycles. The minimum Gasteiger partial charge on any atom is -0.504 e. The molecule has 0 spiro atoms. The van der Waals surface area contributed by atoms with Crippen LogP contribution in [0, 0.1) is 10.1 Å². The van der Waals surface area contributed by atoms with Gasteiger partial charge in [-0.15, -0.1) is 0 Å². The number of nitro groups is 1. The van der Waals surface area contributed by atoms with Gasteiger partial charge in [0, 0.05) is 24.4 Å². The molecule has 8 nitrogen and oxygen atoms in total. The highest BCUT2D eigenvalue weighted by Crippen LogP contribution is 2.44. The summed E-state index contributed by atoms with van der Waals surface area (Å²) in [6.45, 7) is 0.587. The smallest absolute Gasteiger partial charge is 0.269 e. The van der Waals surface area contributed by atoms with Gasteiger partial charge in [0.05, 0.1) is 18.1 Å². The van der Waals surface area contributed by atoms with Crippen molar-refractivity contribution in [3.63, 3.8) is 0 Å². The Bertz CT molecular complexity index is 1210. The molecule has 1 amide bonds. The van der Waals surface area contributed by atoms with Gasteiger partial charge in [-0.1, -0.05) is 30.3 Å². The predicted molar refractivity (Wildman–Crippen MR) is 117 cm³/mol. The lowest BCUT2D eigenvalue weighted by atomic mass is 9.94. The van der Waals surface area contributed by atoms with Crippen molar-refractivity contribution in [3.05, 3.63) is 93.5 Å². The van der Waals surface area contributed by atoms with Crippen molar-refractivity contribution in [1.82, 2.24) is 4.90 Å². The zero-order chi connectivity index (χ0) is 22.4. The average Bonchev–Trinajstić information content (AvgIpc) is 3.09. The Hall–Kier alpha value is -3.91. The standard InChI is InChI=1S/C24H21N3O5/c1-32-22-13-16(6-11-21(22)28)23-25-14-17-5-3-2-4-15(17)12-20(25)24(29)26(23)18-7-9-19(10-8-18)27(30)31/h2-11,13,20,23,28H,12,14H2,1H3/t20-,23?/m0/s1. The number of phenols is 1. The van der Waals surface area contributed by atoms with E-state index in [1.54, 1.807) is 35.2 Å². The predicted octanol–water partition coefficient (Wildman–Crippen LogP) is 3.78. The Labute approximate surface area is 184 Å². The van der Waals surface area contributed by atoms with Crippen LogP contribution in [0.15, 0.2) is 66.7 Å². The number of rotatable bonds is 4. The second kappa shape index (κ2) is 7.65. The minimum absolute atomic E-state index is 0.0167. The first-order valence-corrected chi connectivity index (χ1v) is 10.2. The number of carbonyl (C=O) groups excluding carboxylic acids is 1. The van der Waals surface area contributed by atoms with Crippen LogP contribution < -0.4 is 9.64 Å². The molecule has 5 rings (SSSR count). The minimum atomic E-state index is -0.460. The highest BCUT2D eigenvalue weighted by Gasteiger charge is 2.49. The number of nitro benzene ring substituents is 1. The molecule has 1 saturated heterocycles. The lowest BCUT2D eigenvalue weighted by molar-refractivity contribution is -0.384. The quantitative estimate of drug-likeness (QED) is 0.499. The molecule has 3 aromatic carbocycles. The largest absolute Gasteiger partial charge is 0.504 e. The number of hydrogen-bond acceptors (Lipinski definition) is 6. The molecule has 1 unspecified atom stereocenters. The fraction of sp³-hybridized carbons (Fsp3) is 0.208. The Kier molecular flexibility index (Phi) is 4.79. The fourth-order valence-corrected chi connectivity index (χ4v) is 4.66. The first-order valence-electron chi connectivity index (χ1n) is 10.2. The van der Waals surface area contributed by atoms with Crippen molar-refractivity contribution in [2.45, 2.75) is 25.2 Å². The molecule has 2 aliphatic rings. The lowest BCUT2D eigenvalue weighted by Crippen LogP contribution is -2.39. The Morgan fingerprint density at radius 3 is 2.47 bits per heavy atom. The Morgan fingerprint density at radius 2 is 1.78 bits per heavy atom. The zero-order valence-corrected chi connectivity index (χ0v) is 17.3. The summed E-state index contributed by atoms with van der Waals surface area (Å²) in [5.74, 6) is 0.271. The summed E-state index contributed by atoms with van der Waals surface area (Å²) >= 11 is 0. The molecular weight excluding hydrogens is 410 g/mol. The molecular formula is C24H21N3O5. The fourth-order valence-electron chi connectivity index (χ4n) is 4.66. The van der Waals surface area contributed by atoms with Crippen LogP contribution in [-0.4, -0.2) is 34.0 Å². The van der Waals surface area contributed by atoms with Crippen LogP contribution in [0.1, 0.15) is 22.9 Å². The summed E-state index contributed by atoms with van der Waals surface area (Å²) in [4.78, 5) is 28.1. The number of non-ortho nitro benzene ring substituents is 1. The summed E-state index contributed by atoms with van der Waals surface area (Å²) in [5, 5.41) is 21.2. The van der Waals surface area contributed by atoms with Crippen LogP contribution in [0.3, 0.4) is 0 Å². The molecule has 2 heterocycles. The molecule has 32 heavy (non-hydrogen) atoms. The third-order valence-electron chi connectivity index (χ3n) is 6.21. The van der Waals surface area contributed by atoms with E-state index in [9.17, 15) is 20.0 Å². The maximum Gasteiger partial charge on any atom is 0.269 e. The van der Waals surface area contributed by atoms with E-state index < -0.39 is 11.1 Å². The van der Waals surface area contributed by atoms with Gasteiger partial charge in [-0.25, -0.2) is 0 Å². The van der Waals surface area contributed by atoms with E-state index in [0.717, 1.165) is 16.7 Å². The molecule has 162 valence electrons. The van der Waals surface area contributed by atoms with E-state index in [-0.39, 0.29) is 23.4 Å². The van der Waals surface area contributed by atoms with Crippen molar-refractivity contribution >= 4 is 17.3 Å². The number of amides is 1. The molecule has 0 aliphatic carbocycles. The van der Waals surface area contributed by atoms with E-state index in [4.69, 9.17) is 4.74 Å². The number of benzene rings is 3. The number of fused-ring (bicyclic) bond motifs is 2. The van der Waals surface area contributed by atoms with Gasteiger partial charge in [-0.05, 0) is 47.4 Å². The summed E-state index contributed by atoms with van der Waals surface area (Å²) in [6.07, 6.45) is 0.140. The maximum absolute atomic E-state index is 13.6. The van der Waals surface area contributed by atoms with E-state index in [1.165, 1.54) is 19.2 Å². The van der Waals surface area contributed by atoms with Gasteiger partial charge in [0.25, 0.3) is 5.69 Å². The van der Waals surface area contributed by atoms with Gasteiger partial charge in [0.15, 0.2) is 11.5 Å². The second-order valence-corrected chi connectivity index (χ2v) is 7.95. The number of hydrogen-bond donors (Lipinski definition) is 1. The van der Waals surface area contributed by atoms with Crippen LogP contribution in [0.5, 0.6) is 11.5 Å². The van der Waals surface area contributed by atoms with E-state index >= 15 is 0 Å². The Morgan fingerprint density at radius 1 is 1.06 bits per heavy atom. The van der Waals surface area contributed by atoms with Crippen LogP contribution in [0.4, 0.5) is 11.4 Å². The third kappa shape index (κ3) is 3.16. The van der Waals surface area contributed by atoms with E-state index in [0.29, 0.717) is 24.4 Å². The summed E-state index contributed by atoms with van der Waals surface area (Å²) in [7, 11) is 1.48. The van der Waals surface area contributed by atoms with Gasteiger partial charge in [-0.3, -0.25) is 24.7 Å². The molecule has 0 aromatic heterocycles. The number of nitrogens with zero attached hydrogens (tertiary/aromatic N) is 3. The number of phenolic OH excluding ortho intramolecular Hbond substituents is 1. The molecule has 3 aromatic rings. The number of aromatic hydroxyl groups is 1. The van der Waals surface area contributed by atoms with Gasteiger partial charge in [0.2, 0.25) is 5.91 Å². The highest BCUT2D eigenvalue weighted by atomic mass is 16.6. The molecule has 1 fully saturated rings. The van der Waals surface area contributed by atoms with Crippen LogP contribution in [-0.2, 0) is 17.8 Å².